The van der Waals surface area contributed by atoms with Crippen LogP contribution in [0.15, 0.2) is 16.6 Å². The van der Waals surface area contributed by atoms with Gasteiger partial charge in [0, 0.05) is 18.2 Å². The topological polar surface area (TPSA) is 55.5 Å². The normalized spacial score (nSPS) is 12.6. The van der Waals surface area contributed by atoms with Crippen molar-refractivity contribution in [2.45, 2.75) is 6.10 Å². The van der Waals surface area contributed by atoms with Gasteiger partial charge in [0.2, 0.25) is 0 Å². The lowest BCUT2D eigenvalue weighted by atomic mass is 10.1. The number of aliphatic hydroxyl groups is 1. The van der Waals surface area contributed by atoms with Gasteiger partial charge in [0.25, 0.3) is 0 Å². The molecule has 1 aromatic rings. The highest BCUT2D eigenvalue weighted by atomic mass is 79.9. The van der Waals surface area contributed by atoms with Crippen LogP contribution in [-0.2, 0) is 0 Å². The number of benzene rings is 1. The molecule has 0 aliphatic rings. The van der Waals surface area contributed by atoms with Gasteiger partial charge < -0.3 is 15.6 Å². The summed E-state index contributed by atoms with van der Waals surface area (Å²) in [5, 5.41) is 9.97. The molecule has 3 nitrogen and oxygen atoms in total. The third kappa shape index (κ3) is 2.39. The highest BCUT2D eigenvalue weighted by Crippen LogP contribution is 2.33. The molecule has 0 aliphatic carbocycles. The van der Waals surface area contributed by atoms with E-state index in [4.69, 9.17) is 22.1 Å². The lowest BCUT2D eigenvalue weighted by Crippen LogP contribution is -2.12. The average molecular weight is 281 g/mol. The number of hydrogen-bond acceptors (Lipinski definition) is 3. The molecule has 5 heteroatoms. The van der Waals surface area contributed by atoms with Crippen molar-refractivity contribution in [3.63, 3.8) is 0 Å². The molecule has 0 fully saturated rings. The van der Waals surface area contributed by atoms with Crippen molar-refractivity contribution in [1.29, 1.82) is 0 Å². The van der Waals surface area contributed by atoms with Crippen molar-refractivity contribution in [1.82, 2.24) is 0 Å². The Labute approximate surface area is 95.9 Å². The van der Waals surface area contributed by atoms with E-state index in [1.54, 1.807) is 19.2 Å². The first-order chi connectivity index (χ1) is 6.60. The first-order valence-corrected chi connectivity index (χ1v) is 5.18. The maximum absolute atomic E-state index is 9.53. The molecular weight excluding hydrogens is 269 g/mol. The number of halogens is 2. The van der Waals surface area contributed by atoms with Crippen LogP contribution in [-0.4, -0.2) is 18.8 Å². The monoisotopic (exact) mass is 279 g/mol. The molecule has 14 heavy (non-hydrogen) atoms. The number of hydrogen-bond donors (Lipinski definition) is 2. The lowest BCUT2D eigenvalue weighted by Gasteiger charge is -2.12. The molecule has 3 N–H and O–H groups in total. The van der Waals surface area contributed by atoms with Gasteiger partial charge in [-0.2, -0.15) is 0 Å². The molecule has 0 amide bonds. The summed E-state index contributed by atoms with van der Waals surface area (Å²) in [4.78, 5) is 0. The van der Waals surface area contributed by atoms with Gasteiger partial charge in [0.1, 0.15) is 5.75 Å². The van der Waals surface area contributed by atoms with E-state index in [0.29, 0.717) is 16.3 Å². The summed E-state index contributed by atoms with van der Waals surface area (Å²) in [6.07, 6.45) is -0.746. The van der Waals surface area contributed by atoms with Crippen molar-refractivity contribution < 1.29 is 9.84 Å². The van der Waals surface area contributed by atoms with Gasteiger partial charge in [-0.15, -0.1) is 0 Å². The highest BCUT2D eigenvalue weighted by Gasteiger charge is 2.13. The minimum Gasteiger partial charge on any atom is -0.496 e. The van der Waals surface area contributed by atoms with Crippen LogP contribution in [0.3, 0.4) is 0 Å². The second kappa shape index (κ2) is 4.98. The molecule has 0 aromatic heterocycles. The van der Waals surface area contributed by atoms with E-state index in [-0.39, 0.29) is 6.54 Å². The smallest absolute Gasteiger partial charge is 0.134 e. The van der Waals surface area contributed by atoms with Crippen molar-refractivity contribution in [2.75, 3.05) is 13.7 Å². The van der Waals surface area contributed by atoms with E-state index < -0.39 is 6.10 Å². The van der Waals surface area contributed by atoms with E-state index >= 15 is 0 Å². The summed E-state index contributed by atoms with van der Waals surface area (Å²) >= 11 is 9.24. The zero-order chi connectivity index (χ0) is 10.7. The summed E-state index contributed by atoms with van der Waals surface area (Å²) < 4.78 is 5.79. The first kappa shape index (κ1) is 11.8. The predicted octanol–water partition coefficient (Wildman–Crippen LogP) is 2.10. The Morgan fingerprint density at radius 1 is 1.64 bits per heavy atom. The zero-order valence-corrected chi connectivity index (χ0v) is 9.97. The van der Waals surface area contributed by atoms with E-state index in [1.807, 2.05) is 0 Å². The molecule has 1 unspecified atom stereocenters. The standard InChI is InChI=1S/C9H11BrClNO2/c1-14-9-3-7(11)5(2-6(9)10)8(13)4-12/h2-3,8,13H,4,12H2,1H3. The van der Waals surface area contributed by atoms with Gasteiger partial charge >= 0.3 is 0 Å². The number of rotatable bonds is 3. The van der Waals surface area contributed by atoms with Gasteiger partial charge in [0.05, 0.1) is 22.7 Å². The lowest BCUT2D eigenvalue weighted by molar-refractivity contribution is 0.186. The highest BCUT2D eigenvalue weighted by molar-refractivity contribution is 9.10. The van der Waals surface area contributed by atoms with Gasteiger partial charge in [0.15, 0.2) is 0 Å². The van der Waals surface area contributed by atoms with Crippen molar-refractivity contribution in [3.8, 4) is 5.75 Å². The van der Waals surface area contributed by atoms with Crippen LogP contribution in [0.1, 0.15) is 11.7 Å². The summed E-state index contributed by atoms with van der Waals surface area (Å²) in [7, 11) is 1.55. The summed E-state index contributed by atoms with van der Waals surface area (Å²) in [6.45, 7) is 0.137. The van der Waals surface area contributed by atoms with Crippen molar-refractivity contribution >= 4 is 27.5 Å². The average Bonchev–Trinajstić information content (AvgIpc) is 2.19. The fourth-order valence-corrected chi connectivity index (χ4v) is 1.89. The largest absolute Gasteiger partial charge is 0.496 e. The van der Waals surface area contributed by atoms with Gasteiger partial charge in [-0.05, 0) is 22.0 Å². The SMILES string of the molecule is COc1cc(Cl)c(C(O)CN)cc1Br. The van der Waals surface area contributed by atoms with Crippen LogP contribution >= 0.6 is 27.5 Å². The Hall–Kier alpha value is -0.290. The van der Waals surface area contributed by atoms with Crippen LogP contribution in [0.5, 0.6) is 5.75 Å². The van der Waals surface area contributed by atoms with Crippen LogP contribution in [0, 0.1) is 0 Å². The first-order valence-electron chi connectivity index (χ1n) is 4.01. The zero-order valence-electron chi connectivity index (χ0n) is 7.63. The van der Waals surface area contributed by atoms with Gasteiger partial charge in [-0.25, -0.2) is 0 Å². The second-order valence-electron chi connectivity index (χ2n) is 2.76. The van der Waals surface area contributed by atoms with E-state index in [0.717, 1.165) is 4.47 Å². The Kier molecular flexibility index (Phi) is 4.19. The summed E-state index contributed by atoms with van der Waals surface area (Å²) in [5.41, 5.74) is 5.94. The Bertz CT molecular complexity index is 333. The van der Waals surface area contributed by atoms with Crippen molar-refractivity contribution in [2.24, 2.45) is 5.73 Å². The van der Waals surface area contributed by atoms with Gasteiger partial charge in [-0.3, -0.25) is 0 Å². The molecule has 0 spiro atoms. The number of ether oxygens (including phenoxy) is 1. The number of methoxy groups -OCH3 is 1. The summed E-state index contributed by atoms with van der Waals surface area (Å²) in [6, 6.07) is 3.35. The quantitative estimate of drug-likeness (QED) is 0.891. The van der Waals surface area contributed by atoms with Gasteiger partial charge in [-0.1, -0.05) is 11.6 Å². The Morgan fingerprint density at radius 2 is 2.29 bits per heavy atom. The van der Waals surface area contributed by atoms with Crippen molar-refractivity contribution in [3.05, 3.63) is 27.2 Å². The van der Waals surface area contributed by atoms with Crippen LogP contribution in [0.4, 0.5) is 0 Å². The molecule has 78 valence electrons. The fourth-order valence-electron chi connectivity index (χ4n) is 1.08. The number of aliphatic hydroxyl groups excluding tert-OH is 1. The predicted molar refractivity (Wildman–Crippen MR) is 59.7 cm³/mol. The van der Waals surface area contributed by atoms with Crippen LogP contribution < -0.4 is 10.5 Å². The van der Waals surface area contributed by atoms with E-state index in [2.05, 4.69) is 15.9 Å². The molecule has 0 saturated heterocycles. The molecule has 0 aliphatic heterocycles. The second-order valence-corrected chi connectivity index (χ2v) is 4.02. The minimum atomic E-state index is -0.746. The molecule has 0 bridgehead atoms. The minimum absolute atomic E-state index is 0.137. The fraction of sp³-hybridized carbons (Fsp3) is 0.333. The Morgan fingerprint density at radius 3 is 2.79 bits per heavy atom. The molecule has 0 heterocycles. The van der Waals surface area contributed by atoms with E-state index in [9.17, 15) is 5.11 Å². The van der Waals surface area contributed by atoms with Crippen LogP contribution in [0.25, 0.3) is 0 Å². The molecular formula is C9H11BrClNO2. The maximum Gasteiger partial charge on any atom is 0.134 e. The molecule has 1 aromatic carbocycles. The third-order valence-corrected chi connectivity index (χ3v) is 2.80. The third-order valence-electron chi connectivity index (χ3n) is 1.85. The van der Waals surface area contributed by atoms with E-state index in [1.165, 1.54) is 0 Å². The number of nitrogens with two attached hydrogens (primary N) is 1. The Balaban J connectivity index is 3.14. The molecule has 0 saturated carbocycles. The van der Waals surface area contributed by atoms with Crippen LogP contribution in [0.2, 0.25) is 5.02 Å². The molecule has 0 radical (unpaired) electrons. The maximum atomic E-state index is 9.53. The molecule has 1 rings (SSSR count). The summed E-state index contributed by atoms with van der Waals surface area (Å²) in [5.74, 6) is 0.628. The molecule has 1 atom stereocenters.